The zero-order valence-corrected chi connectivity index (χ0v) is 13.4. The second-order valence-corrected chi connectivity index (χ2v) is 7.30. The zero-order chi connectivity index (χ0) is 14.7. The molecule has 0 aliphatic carbocycles. The highest BCUT2D eigenvalue weighted by Crippen LogP contribution is 2.36. The maximum atomic E-state index is 12.1. The van der Waals surface area contributed by atoms with Gasteiger partial charge in [-0.25, -0.2) is 0 Å². The molecular weight excluding hydrogens is 280 g/mol. The van der Waals surface area contributed by atoms with Gasteiger partial charge in [-0.05, 0) is 24.2 Å². The number of thioether (sulfide) groups is 1. The third-order valence-corrected chi connectivity index (χ3v) is 5.88. The van der Waals surface area contributed by atoms with Crippen LogP contribution in [-0.4, -0.2) is 41.9 Å². The largest absolute Gasteiger partial charge is 0.338 e. The van der Waals surface area contributed by atoms with Gasteiger partial charge in [0.15, 0.2) is 0 Å². The maximum absolute atomic E-state index is 12.1. The van der Waals surface area contributed by atoms with Crippen molar-refractivity contribution >= 4 is 17.7 Å². The molecule has 1 aromatic rings. The van der Waals surface area contributed by atoms with Gasteiger partial charge in [0.1, 0.15) is 0 Å². The van der Waals surface area contributed by atoms with Crippen LogP contribution in [0.5, 0.6) is 0 Å². The Morgan fingerprint density at radius 3 is 2.86 bits per heavy atom. The highest BCUT2D eigenvalue weighted by atomic mass is 32.2. The molecule has 0 saturated carbocycles. The summed E-state index contributed by atoms with van der Waals surface area (Å²) in [5.74, 6) is 3.17. The van der Waals surface area contributed by atoms with Crippen LogP contribution in [0.3, 0.4) is 0 Å². The molecule has 3 atom stereocenters. The van der Waals surface area contributed by atoms with E-state index in [0.29, 0.717) is 18.4 Å². The van der Waals surface area contributed by atoms with Gasteiger partial charge < -0.3 is 10.2 Å². The minimum absolute atomic E-state index is 0.224. The summed E-state index contributed by atoms with van der Waals surface area (Å²) >= 11 is 2.04. The van der Waals surface area contributed by atoms with Gasteiger partial charge in [-0.15, -0.1) is 0 Å². The average molecular weight is 304 g/mol. The Bertz CT molecular complexity index is 473. The number of hydrogen-bond acceptors (Lipinski definition) is 3. The van der Waals surface area contributed by atoms with Crippen molar-refractivity contribution in [2.75, 3.05) is 25.1 Å². The van der Waals surface area contributed by atoms with E-state index in [4.69, 9.17) is 0 Å². The van der Waals surface area contributed by atoms with E-state index in [1.807, 2.05) is 29.8 Å². The lowest BCUT2D eigenvalue weighted by molar-refractivity contribution is -0.127. The second kappa shape index (κ2) is 6.84. The summed E-state index contributed by atoms with van der Waals surface area (Å²) in [5.41, 5.74) is 1.26. The molecule has 0 aromatic heterocycles. The number of benzene rings is 1. The average Bonchev–Trinajstić information content (AvgIpc) is 2.82. The molecule has 3 rings (SSSR count). The summed E-state index contributed by atoms with van der Waals surface area (Å²) in [5, 5.41) is 3.70. The number of rotatable bonds is 4. The smallest absolute Gasteiger partial charge is 0.223 e. The lowest BCUT2D eigenvalue weighted by Gasteiger charge is -2.28. The predicted molar refractivity (Wildman–Crippen MR) is 88.4 cm³/mol. The highest BCUT2D eigenvalue weighted by Gasteiger charge is 2.38. The molecule has 2 aliphatic rings. The van der Waals surface area contributed by atoms with E-state index < -0.39 is 0 Å². The Balaban J connectivity index is 1.66. The first-order valence-corrected chi connectivity index (χ1v) is 9.03. The Labute approximate surface area is 131 Å². The van der Waals surface area contributed by atoms with Crippen molar-refractivity contribution in [1.29, 1.82) is 0 Å². The van der Waals surface area contributed by atoms with E-state index in [-0.39, 0.29) is 11.9 Å². The summed E-state index contributed by atoms with van der Waals surface area (Å²) in [6.45, 7) is 0.945. The minimum Gasteiger partial charge on any atom is -0.338 e. The SMILES string of the molecule is CN1C(=O)CC(CNC2CCCSC2)C1c1ccccc1. The predicted octanol–water partition coefficient (Wildman–Crippen LogP) is 2.69. The van der Waals surface area contributed by atoms with Crippen LogP contribution in [0.4, 0.5) is 0 Å². The molecule has 3 unspecified atom stereocenters. The molecule has 3 nitrogen and oxygen atoms in total. The Hall–Kier alpha value is -1.00. The zero-order valence-electron chi connectivity index (χ0n) is 12.6. The van der Waals surface area contributed by atoms with Gasteiger partial charge in [0, 0.05) is 37.7 Å². The fraction of sp³-hybridized carbons (Fsp3) is 0.588. The van der Waals surface area contributed by atoms with Crippen LogP contribution < -0.4 is 5.32 Å². The Kier molecular flexibility index (Phi) is 4.86. The molecule has 0 radical (unpaired) electrons. The molecule has 2 fully saturated rings. The molecule has 2 saturated heterocycles. The third-order valence-electron chi connectivity index (χ3n) is 4.66. The summed E-state index contributed by atoms with van der Waals surface area (Å²) in [4.78, 5) is 14.0. The number of amides is 1. The maximum Gasteiger partial charge on any atom is 0.223 e. The molecule has 1 amide bonds. The summed E-state index contributed by atoms with van der Waals surface area (Å²) < 4.78 is 0. The molecule has 2 aliphatic heterocycles. The topological polar surface area (TPSA) is 32.3 Å². The molecule has 1 aromatic carbocycles. The van der Waals surface area contributed by atoms with Crippen molar-refractivity contribution < 1.29 is 4.79 Å². The highest BCUT2D eigenvalue weighted by molar-refractivity contribution is 7.99. The molecule has 0 spiro atoms. The fourth-order valence-electron chi connectivity index (χ4n) is 3.50. The van der Waals surface area contributed by atoms with Crippen LogP contribution in [-0.2, 0) is 4.79 Å². The number of nitrogens with one attached hydrogen (secondary N) is 1. The first-order chi connectivity index (χ1) is 10.3. The van der Waals surface area contributed by atoms with Gasteiger partial charge >= 0.3 is 0 Å². The van der Waals surface area contributed by atoms with Gasteiger partial charge in [0.2, 0.25) is 5.91 Å². The number of carbonyl (C=O) groups excluding carboxylic acids is 1. The summed E-state index contributed by atoms with van der Waals surface area (Å²) in [7, 11) is 1.94. The number of carbonyl (C=O) groups is 1. The number of likely N-dealkylation sites (tertiary alicyclic amines) is 1. The van der Waals surface area contributed by atoms with Crippen LogP contribution >= 0.6 is 11.8 Å². The molecule has 0 bridgehead atoms. The van der Waals surface area contributed by atoms with Gasteiger partial charge in [-0.2, -0.15) is 11.8 Å². The minimum atomic E-state index is 0.224. The van der Waals surface area contributed by atoms with Crippen molar-refractivity contribution in [2.45, 2.75) is 31.3 Å². The van der Waals surface area contributed by atoms with E-state index in [1.165, 1.54) is 29.9 Å². The van der Waals surface area contributed by atoms with Crippen molar-refractivity contribution in [3.8, 4) is 0 Å². The van der Waals surface area contributed by atoms with Gasteiger partial charge in [-0.1, -0.05) is 30.3 Å². The Morgan fingerprint density at radius 2 is 2.14 bits per heavy atom. The van der Waals surface area contributed by atoms with E-state index in [0.717, 1.165) is 6.54 Å². The van der Waals surface area contributed by atoms with Crippen molar-refractivity contribution in [1.82, 2.24) is 10.2 Å². The van der Waals surface area contributed by atoms with Crippen LogP contribution in [0.1, 0.15) is 30.9 Å². The van der Waals surface area contributed by atoms with Crippen molar-refractivity contribution in [2.24, 2.45) is 5.92 Å². The number of hydrogen-bond donors (Lipinski definition) is 1. The lowest BCUT2D eigenvalue weighted by Crippen LogP contribution is -2.38. The quantitative estimate of drug-likeness (QED) is 0.928. The van der Waals surface area contributed by atoms with Gasteiger partial charge in [0.05, 0.1) is 6.04 Å². The van der Waals surface area contributed by atoms with Gasteiger partial charge in [-0.3, -0.25) is 4.79 Å². The molecule has 1 N–H and O–H groups in total. The van der Waals surface area contributed by atoms with E-state index in [9.17, 15) is 4.79 Å². The van der Waals surface area contributed by atoms with E-state index >= 15 is 0 Å². The monoisotopic (exact) mass is 304 g/mol. The van der Waals surface area contributed by atoms with Crippen LogP contribution in [0.15, 0.2) is 30.3 Å². The molecular formula is C17H24N2OS. The first kappa shape index (κ1) is 14.9. The number of nitrogens with zero attached hydrogens (tertiary/aromatic N) is 1. The first-order valence-electron chi connectivity index (χ1n) is 7.87. The lowest BCUT2D eigenvalue weighted by atomic mass is 9.93. The van der Waals surface area contributed by atoms with Crippen LogP contribution in [0.25, 0.3) is 0 Å². The molecule has 114 valence electrons. The fourth-order valence-corrected chi connectivity index (χ4v) is 4.61. The molecule has 2 heterocycles. The van der Waals surface area contributed by atoms with Crippen molar-refractivity contribution in [3.63, 3.8) is 0 Å². The van der Waals surface area contributed by atoms with Crippen LogP contribution in [0.2, 0.25) is 0 Å². The Morgan fingerprint density at radius 1 is 1.33 bits per heavy atom. The van der Waals surface area contributed by atoms with Crippen molar-refractivity contribution in [3.05, 3.63) is 35.9 Å². The molecule has 21 heavy (non-hydrogen) atoms. The molecule has 4 heteroatoms. The second-order valence-electron chi connectivity index (χ2n) is 6.15. The van der Waals surface area contributed by atoms with E-state index in [1.54, 1.807) is 0 Å². The van der Waals surface area contributed by atoms with Gasteiger partial charge in [0.25, 0.3) is 0 Å². The summed E-state index contributed by atoms with van der Waals surface area (Å²) in [6, 6.07) is 11.3. The normalized spacial score (nSPS) is 29.9. The standard InChI is InChI=1S/C17H24N2OS/c1-19-16(20)10-14(11-18-15-8-5-9-21-12-15)17(19)13-6-3-2-4-7-13/h2-4,6-7,14-15,17-18H,5,8-12H2,1H3. The van der Waals surface area contributed by atoms with Crippen LogP contribution in [0, 0.1) is 5.92 Å². The van der Waals surface area contributed by atoms with E-state index in [2.05, 4.69) is 29.6 Å². The third kappa shape index (κ3) is 3.43. The summed E-state index contributed by atoms with van der Waals surface area (Å²) in [6.07, 6.45) is 3.26.